The summed E-state index contributed by atoms with van der Waals surface area (Å²) in [7, 11) is 0. The first-order valence-electron chi connectivity index (χ1n) is 7.21. The summed E-state index contributed by atoms with van der Waals surface area (Å²) in [5.41, 5.74) is 3.22. The number of rotatable bonds is 4. The molecule has 1 heterocycles. The second kappa shape index (κ2) is 7.15. The first-order valence-corrected chi connectivity index (χ1v) is 7.59. The zero-order valence-corrected chi connectivity index (χ0v) is 14.3. The molecule has 1 aromatic rings. The molecule has 2 rings (SSSR count). The predicted octanol–water partition coefficient (Wildman–Crippen LogP) is 3.23. The number of anilines is 1. The van der Waals surface area contributed by atoms with Crippen molar-refractivity contribution in [3.05, 3.63) is 56.8 Å². The van der Waals surface area contributed by atoms with Gasteiger partial charge in [0.2, 0.25) is 0 Å². The first kappa shape index (κ1) is 18.2. The van der Waals surface area contributed by atoms with Gasteiger partial charge >= 0.3 is 0 Å². The van der Waals surface area contributed by atoms with Crippen molar-refractivity contribution in [3.8, 4) is 6.07 Å². The average molecular weight is 360 g/mol. The van der Waals surface area contributed by atoms with Gasteiger partial charge < -0.3 is 4.90 Å². The number of nitriles is 1. The second-order valence-corrected chi connectivity index (χ2v) is 5.54. The smallest absolute Gasteiger partial charge is 0.295 e. The van der Waals surface area contributed by atoms with Gasteiger partial charge in [0.25, 0.3) is 11.6 Å². The van der Waals surface area contributed by atoms with Crippen molar-refractivity contribution in [2.75, 3.05) is 12.0 Å². The number of hydrogen-bond acceptors (Lipinski definition) is 6. The lowest BCUT2D eigenvalue weighted by Gasteiger charge is -2.29. The number of nitro benzene ring substituents is 1. The van der Waals surface area contributed by atoms with Gasteiger partial charge in [-0.15, -0.1) is 0 Å². The number of nitro groups is 1. The Kier molecular flexibility index (Phi) is 5.20. The van der Waals surface area contributed by atoms with E-state index in [0.717, 1.165) is 0 Å². The van der Waals surface area contributed by atoms with Crippen LogP contribution in [-0.4, -0.2) is 28.0 Å². The van der Waals surface area contributed by atoms with E-state index in [1.807, 2.05) is 6.07 Å². The molecule has 25 heavy (non-hydrogen) atoms. The molecule has 1 aliphatic rings. The summed E-state index contributed by atoms with van der Waals surface area (Å²) in [6, 6.07) is 6.03. The topological polar surface area (TPSA) is 112 Å². The van der Waals surface area contributed by atoms with Crippen molar-refractivity contribution in [3.63, 3.8) is 0 Å². The SMILES string of the molecule is C=C1C(C#N)=C(C)/C(=N/Nc2ccc(Cl)cc2[N+](=O)[O-])C(=O)N1CC. The van der Waals surface area contributed by atoms with Gasteiger partial charge in [-0.1, -0.05) is 18.2 Å². The molecule has 0 spiro atoms. The molecule has 0 radical (unpaired) electrons. The fraction of sp³-hybridized carbons (Fsp3) is 0.188. The van der Waals surface area contributed by atoms with Crippen LogP contribution in [0.5, 0.6) is 0 Å². The molecular weight excluding hydrogens is 346 g/mol. The highest BCUT2D eigenvalue weighted by atomic mass is 35.5. The number of hydrazone groups is 1. The van der Waals surface area contributed by atoms with Crippen molar-refractivity contribution in [2.45, 2.75) is 13.8 Å². The van der Waals surface area contributed by atoms with Gasteiger partial charge in [-0.3, -0.25) is 20.3 Å². The van der Waals surface area contributed by atoms with Gasteiger partial charge in [0.1, 0.15) is 11.8 Å². The minimum absolute atomic E-state index is 0.00459. The van der Waals surface area contributed by atoms with Gasteiger partial charge in [-0.05, 0) is 26.0 Å². The molecule has 0 saturated heterocycles. The minimum atomic E-state index is -0.610. The van der Waals surface area contributed by atoms with Crippen molar-refractivity contribution >= 4 is 34.6 Å². The van der Waals surface area contributed by atoms with Crippen LogP contribution in [0.1, 0.15) is 13.8 Å². The van der Waals surface area contributed by atoms with E-state index in [4.69, 9.17) is 11.6 Å². The maximum Gasteiger partial charge on any atom is 0.295 e. The summed E-state index contributed by atoms with van der Waals surface area (Å²) in [4.78, 5) is 24.4. The van der Waals surface area contributed by atoms with Crippen LogP contribution in [0.2, 0.25) is 5.02 Å². The number of nitrogens with one attached hydrogen (secondary N) is 1. The van der Waals surface area contributed by atoms with Crippen LogP contribution in [0.15, 0.2) is 46.7 Å². The molecule has 0 aromatic heterocycles. The molecule has 9 heteroatoms. The summed E-state index contributed by atoms with van der Waals surface area (Å²) in [6.07, 6.45) is 0. The summed E-state index contributed by atoms with van der Waals surface area (Å²) in [5.74, 6) is -0.437. The van der Waals surface area contributed by atoms with E-state index < -0.39 is 10.8 Å². The quantitative estimate of drug-likeness (QED) is 0.655. The average Bonchev–Trinajstić information content (AvgIpc) is 2.56. The lowest BCUT2D eigenvalue weighted by Crippen LogP contribution is -2.41. The van der Waals surface area contributed by atoms with Gasteiger partial charge in [0, 0.05) is 23.2 Å². The number of hydrogen-bond donors (Lipinski definition) is 1. The summed E-state index contributed by atoms with van der Waals surface area (Å²) in [5, 5.41) is 24.6. The fourth-order valence-corrected chi connectivity index (χ4v) is 2.53. The van der Waals surface area contributed by atoms with Crippen LogP contribution >= 0.6 is 11.6 Å². The predicted molar refractivity (Wildman–Crippen MR) is 94.0 cm³/mol. The summed E-state index contributed by atoms with van der Waals surface area (Å²) < 4.78 is 0. The molecule has 8 nitrogen and oxygen atoms in total. The first-order chi connectivity index (χ1) is 11.8. The highest BCUT2D eigenvalue weighted by Crippen LogP contribution is 2.29. The molecule has 0 saturated carbocycles. The normalized spacial score (nSPS) is 16.2. The number of carbonyl (C=O) groups excluding carboxylic acids is 1. The Morgan fingerprint density at radius 3 is 2.76 bits per heavy atom. The Hall–Kier alpha value is -3.18. The number of carbonyl (C=O) groups is 1. The lowest BCUT2D eigenvalue weighted by molar-refractivity contribution is -0.383. The molecule has 0 atom stereocenters. The van der Waals surface area contributed by atoms with Crippen LogP contribution < -0.4 is 5.43 Å². The van der Waals surface area contributed by atoms with Crippen LogP contribution in [0.3, 0.4) is 0 Å². The number of amides is 1. The summed E-state index contributed by atoms with van der Waals surface area (Å²) >= 11 is 5.77. The molecular formula is C16H14ClN5O3. The third kappa shape index (κ3) is 3.36. The standard InChI is InChI=1S/C16H14ClN5O3/c1-4-21-10(3)12(8-18)9(2)15(16(21)23)20-19-13-6-5-11(17)7-14(13)22(24)25/h5-7,19H,3-4H2,1-2H3/b20-15-. The van der Waals surface area contributed by atoms with E-state index >= 15 is 0 Å². The van der Waals surface area contributed by atoms with Gasteiger partial charge in [-0.2, -0.15) is 10.4 Å². The van der Waals surface area contributed by atoms with Crippen LogP contribution in [0, 0.1) is 21.4 Å². The molecule has 0 fully saturated rings. The largest absolute Gasteiger partial charge is 0.306 e. The molecule has 1 amide bonds. The highest BCUT2D eigenvalue weighted by molar-refractivity contribution is 6.47. The van der Waals surface area contributed by atoms with E-state index in [1.165, 1.54) is 23.1 Å². The van der Waals surface area contributed by atoms with Crippen LogP contribution in [-0.2, 0) is 4.79 Å². The molecule has 0 aliphatic carbocycles. The van der Waals surface area contributed by atoms with E-state index in [9.17, 15) is 20.2 Å². The maximum absolute atomic E-state index is 12.5. The lowest BCUT2D eigenvalue weighted by atomic mass is 9.97. The maximum atomic E-state index is 12.5. The van der Waals surface area contributed by atoms with E-state index in [0.29, 0.717) is 17.8 Å². The second-order valence-electron chi connectivity index (χ2n) is 5.10. The highest BCUT2D eigenvalue weighted by Gasteiger charge is 2.32. The third-order valence-electron chi connectivity index (χ3n) is 3.66. The van der Waals surface area contributed by atoms with Gasteiger partial charge in [0.05, 0.1) is 16.2 Å². The third-order valence-corrected chi connectivity index (χ3v) is 3.90. The molecule has 0 bridgehead atoms. The number of halogens is 1. The monoisotopic (exact) mass is 359 g/mol. The molecule has 1 aliphatic heterocycles. The Morgan fingerprint density at radius 2 is 2.20 bits per heavy atom. The van der Waals surface area contributed by atoms with Crippen molar-refractivity contribution in [1.29, 1.82) is 5.26 Å². The Balaban J connectivity index is 2.49. The number of benzene rings is 1. The van der Waals surface area contributed by atoms with Gasteiger partial charge in [-0.25, -0.2) is 0 Å². The fourth-order valence-electron chi connectivity index (χ4n) is 2.36. The van der Waals surface area contributed by atoms with Crippen LogP contribution in [0.25, 0.3) is 0 Å². The van der Waals surface area contributed by atoms with E-state index in [1.54, 1.807) is 13.8 Å². The van der Waals surface area contributed by atoms with Crippen molar-refractivity contribution < 1.29 is 9.72 Å². The van der Waals surface area contributed by atoms with Crippen molar-refractivity contribution in [2.24, 2.45) is 5.10 Å². The number of allylic oxidation sites excluding steroid dienone is 1. The van der Waals surface area contributed by atoms with Crippen LogP contribution in [0.4, 0.5) is 11.4 Å². The van der Waals surface area contributed by atoms with E-state index in [-0.39, 0.29) is 27.7 Å². The Bertz CT molecular complexity index is 882. The molecule has 1 N–H and O–H groups in total. The van der Waals surface area contributed by atoms with E-state index in [2.05, 4.69) is 17.1 Å². The molecule has 128 valence electrons. The Labute approximate surface area is 148 Å². The zero-order valence-electron chi connectivity index (χ0n) is 13.5. The van der Waals surface area contributed by atoms with Crippen molar-refractivity contribution in [1.82, 2.24) is 4.90 Å². The minimum Gasteiger partial charge on any atom is -0.306 e. The van der Waals surface area contributed by atoms with Gasteiger partial charge in [0.15, 0.2) is 5.71 Å². The molecule has 1 aromatic carbocycles. The summed E-state index contributed by atoms with van der Waals surface area (Å²) in [6.45, 7) is 7.40. The molecule has 0 unspecified atom stereocenters. The zero-order chi connectivity index (χ0) is 18.7. The Morgan fingerprint density at radius 1 is 1.52 bits per heavy atom. The number of nitrogens with zero attached hydrogens (tertiary/aromatic N) is 4. The number of likely N-dealkylation sites (N-methyl/N-ethyl adjacent to an activating group) is 1.